The zero-order valence-electron chi connectivity index (χ0n) is 8.89. The van der Waals surface area contributed by atoms with Crippen LogP contribution >= 0.6 is 0 Å². The van der Waals surface area contributed by atoms with E-state index in [-0.39, 0.29) is 11.7 Å². The smallest absolute Gasteiger partial charge is 0.135 e. The zero-order valence-corrected chi connectivity index (χ0v) is 8.89. The lowest BCUT2D eigenvalue weighted by molar-refractivity contribution is 0.594. The quantitative estimate of drug-likeness (QED) is 0.777. The summed E-state index contributed by atoms with van der Waals surface area (Å²) in [6.45, 7) is 7.71. The van der Waals surface area contributed by atoms with E-state index in [9.17, 15) is 4.39 Å². The van der Waals surface area contributed by atoms with Gasteiger partial charge in [0.25, 0.3) is 0 Å². The summed E-state index contributed by atoms with van der Waals surface area (Å²) in [4.78, 5) is 0. The number of benzene rings is 1. The Hall–Kier alpha value is -1.31. The Morgan fingerprint density at radius 3 is 2.57 bits per heavy atom. The molecule has 76 valence electrons. The van der Waals surface area contributed by atoms with Crippen molar-refractivity contribution in [3.05, 3.63) is 41.7 Å². The summed E-state index contributed by atoms with van der Waals surface area (Å²) < 4.78 is 13.9. The first-order valence-electron chi connectivity index (χ1n) is 4.73. The summed E-state index contributed by atoms with van der Waals surface area (Å²) in [6, 6.07) is 5.41. The van der Waals surface area contributed by atoms with Crippen LogP contribution in [0.3, 0.4) is 0 Å². The number of hydrogen-bond donors (Lipinski definition) is 1. The summed E-state index contributed by atoms with van der Waals surface area (Å²) in [7, 11) is 1.74. The van der Waals surface area contributed by atoms with Crippen molar-refractivity contribution in [2.75, 3.05) is 7.05 Å². The van der Waals surface area contributed by atoms with Crippen molar-refractivity contribution in [2.45, 2.75) is 19.8 Å². The van der Waals surface area contributed by atoms with Crippen LogP contribution < -0.4 is 5.32 Å². The van der Waals surface area contributed by atoms with Gasteiger partial charge in [0.2, 0.25) is 0 Å². The SMILES string of the molecule is C=C(NC)c1cccc(C(C)C)c1F. The highest BCUT2D eigenvalue weighted by molar-refractivity contribution is 5.62. The average Bonchev–Trinajstić information content (AvgIpc) is 2.16. The van der Waals surface area contributed by atoms with Gasteiger partial charge in [-0.3, -0.25) is 0 Å². The van der Waals surface area contributed by atoms with E-state index >= 15 is 0 Å². The maximum Gasteiger partial charge on any atom is 0.135 e. The van der Waals surface area contributed by atoms with Crippen LogP contribution in [0, 0.1) is 5.82 Å². The van der Waals surface area contributed by atoms with E-state index in [1.165, 1.54) is 0 Å². The summed E-state index contributed by atoms with van der Waals surface area (Å²) in [5.74, 6) is 0.0291. The highest BCUT2D eigenvalue weighted by Gasteiger charge is 2.11. The molecule has 0 spiro atoms. The molecule has 0 aliphatic heterocycles. The van der Waals surface area contributed by atoms with Crippen LogP contribution in [0.15, 0.2) is 24.8 Å². The molecule has 0 amide bonds. The van der Waals surface area contributed by atoms with Gasteiger partial charge in [-0.15, -0.1) is 0 Å². The monoisotopic (exact) mass is 193 g/mol. The number of nitrogens with one attached hydrogen (secondary N) is 1. The van der Waals surface area contributed by atoms with Crippen LogP contribution in [0.25, 0.3) is 5.70 Å². The summed E-state index contributed by atoms with van der Waals surface area (Å²) in [5, 5.41) is 2.85. The molecule has 1 rings (SSSR count). The van der Waals surface area contributed by atoms with E-state index in [0.717, 1.165) is 5.56 Å². The second kappa shape index (κ2) is 4.27. The molecule has 1 nitrogen and oxygen atoms in total. The summed E-state index contributed by atoms with van der Waals surface area (Å²) >= 11 is 0. The van der Waals surface area contributed by atoms with Crippen LogP contribution in [0.5, 0.6) is 0 Å². The molecule has 0 saturated carbocycles. The molecule has 0 bridgehead atoms. The number of rotatable bonds is 3. The van der Waals surface area contributed by atoms with E-state index in [0.29, 0.717) is 11.3 Å². The molecule has 2 heteroatoms. The molecule has 0 fully saturated rings. The molecule has 0 aliphatic rings. The molecule has 0 aliphatic carbocycles. The first-order valence-corrected chi connectivity index (χ1v) is 4.73. The number of hydrogen-bond acceptors (Lipinski definition) is 1. The van der Waals surface area contributed by atoms with E-state index in [2.05, 4.69) is 11.9 Å². The van der Waals surface area contributed by atoms with Crippen LogP contribution in [0.1, 0.15) is 30.9 Å². The lowest BCUT2D eigenvalue weighted by Gasteiger charge is -2.12. The Balaban J connectivity index is 3.20. The first-order chi connectivity index (χ1) is 6.57. The van der Waals surface area contributed by atoms with Gasteiger partial charge in [-0.1, -0.05) is 32.6 Å². The van der Waals surface area contributed by atoms with Crippen LogP contribution in [-0.4, -0.2) is 7.05 Å². The molecule has 0 radical (unpaired) electrons. The molecule has 0 unspecified atom stereocenters. The molecule has 0 heterocycles. The van der Waals surface area contributed by atoms with Gasteiger partial charge in [0.1, 0.15) is 5.82 Å². The van der Waals surface area contributed by atoms with Crippen molar-refractivity contribution in [1.82, 2.24) is 5.32 Å². The fraction of sp³-hybridized carbons (Fsp3) is 0.333. The van der Waals surface area contributed by atoms with Gasteiger partial charge < -0.3 is 5.32 Å². The Labute approximate surface area is 84.6 Å². The second-order valence-corrected chi connectivity index (χ2v) is 3.59. The van der Waals surface area contributed by atoms with Crippen molar-refractivity contribution >= 4 is 5.70 Å². The van der Waals surface area contributed by atoms with Gasteiger partial charge in [0.15, 0.2) is 0 Å². The van der Waals surface area contributed by atoms with Crippen molar-refractivity contribution < 1.29 is 4.39 Å². The molecular weight excluding hydrogens is 177 g/mol. The van der Waals surface area contributed by atoms with Gasteiger partial charge in [0.05, 0.1) is 0 Å². The van der Waals surface area contributed by atoms with Crippen LogP contribution in [0.2, 0.25) is 0 Å². The standard InChI is InChI=1S/C12H16FN/c1-8(2)10-6-5-7-11(12(10)13)9(3)14-4/h5-8,14H,3H2,1-2,4H3. The largest absolute Gasteiger partial charge is 0.388 e. The Morgan fingerprint density at radius 1 is 1.43 bits per heavy atom. The first kappa shape index (κ1) is 10.8. The Bertz CT molecular complexity index is 342. The number of halogens is 1. The van der Waals surface area contributed by atoms with Gasteiger partial charge in [-0.05, 0) is 17.5 Å². The van der Waals surface area contributed by atoms with Gasteiger partial charge in [0, 0.05) is 18.3 Å². The normalized spacial score (nSPS) is 10.4. The maximum atomic E-state index is 13.9. The molecule has 0 aromatic heterocycles. The lowest BCUT2D eigenvalue weighted by atomic mass is 9.99. The van der Waals surface area contributed by atoms with Gasteiger partial charge in [-0.25, -0.2) is 4.39 Å². The van der Waals surface area contributed by atoms with E-state index in [1.807, 2.05) is 26.0 Å². The van der Waals surface area contributed by atoms with Crippen molar-refractivity contribution in [3.8, 4) is 0 Å². The maximum absolute atomic E-state index is 13.9. The van der Waals surface area contributed by atoms with Gasteiger partial charge in [-0.2, -0.15) is 0 Å². The van der Waals surface area contributed by atoms with E-state index < -0.39 is 0 Å². The highest BCUT2D eigenvalue weighted by Crippen LogP contribution is 2.23. The summed E-state index contributed by atoms with van der Waals surface area (Å²) in [6.07, 6.45) is 0. The van der Waals surface area contributed by atoms with Crippen molar-refractivity contribution in [3.63, 3.8) is 0 Å². The fourth-order valence-electron chi connectivity index (χ4n) is 1.36. The molecule has 1 aromatic carbocycles. The highest BCUT2D eigenvalue weighted by atomic mass is 19.1. The minimum Gasteiger partial charge on any atom is -0.388 e. The van der Waals surface area contributed by atoms with E-state index in [1.54, 1.807) is 13.1 Å². The minimum atomic E-state index is -0.165. The Morgan fingerprint density at radius 2 is 2.07 bits per heavy atom. The van der Waals surface area contributed by atoms with Crippen LogP contribution in [0.4, 0.5) is 4.39 Å². The summed E-state index contributed by atoms with van der Waals surface area (Å²) in [5.41, 5.74) is 1.91. The predicted octanol–water partition coefficient (Wildman–Crippen LogP) is 3.14. The molecule has 1 aromatic rings. The van der Waals surface area contributed by atoms with Crippen molar-refractivity contribution in [1.29, 1.82) is 0 Å². The molecule has 0 atom stereocenters. The predicted molar refractivity (Wildman–Crippen MR) is 58.6 cm³/mol. The van der Waals surface area contributed by atoms with E-state index in [4.69, 9.17) is 0 Å². The zero-order chi connectivity index (χ0) is 10.7. The lowest BCUT2D eigenvalue weighted by Crippen LogP contribution is -2.06. The van der Waals surface area contributed by atoms with Crippen LogP contribution in [-0.2, 0) is 0 Å². The molecular formula is C12H16FN. The molecule has 0 saturated heterocycles. The molecule has 14 heavy (non-hydrogen) atoms. The fourth-order valence-corrected chi connectivity index (χ4v) is 1.36. The molecule has 1 N–H and O–H groups in total. The third kappa shape index (κ3) is 1.95. The van der Waals surface area contributed by atoms with Gasteiger partial charge >= 0.3 is 0 Å². The Kier molecular flexibility index (Phi) is 3.28. The minimum absolute atomic E-state index is 0.165. The topological polar surface area (TPSA) is 12.0 Å². The third-order valence-electron chi connectivity index (χ3n) is 2.28. The van der Waals surface area contributed by atoms with Crippen molar-refractivity contribution in [2.24, 2.45) is 0 Å². The third-order valence-corrected chi connectivity index (χ3v) is 2.28. The average molecular weight is 193 g/mol. The second-order valence-electron chi connectivity index (χ2n) is 3.59.